The Bertz CT molecular complexity index is 408. The third kappa shape index (κ3) is 5.77. The van der Waals surface area contributed by atoms with Crippen LogP contribution >= 0.6 is 0 Å². The van der Waals surface area contributed by atoms with Crippen molar-refractivity contribution in [2.45, 2.75) is 40.2 Å². The van der Waals surface area contributed by atoms with E-state index < -0.39 is 0 Å². The summed E-state index contributed by atoms with van der Waals surface area (Å²) >= 11 is 0. The van der Waals surface area contributed by atoms with Crippen molar-refractivity contribution >= 4 is 0 Å². The number of methoxy groups -OCH3 is 1. The fourth-order valence-corrected chi connectivity index (χ4v) is 2.97. The molecule has 0 spiro atoms. The van der Waals surface area contributed by atoms with Gasteiger partial charge in [-0.15, -0.1) is 0 Å². The molecule has 1 rings (SSSR count). The SMILES string of the molecule is CCCNC(CN(C)CCOC)c1c(C)cc(C)cc1C. The Balaban J connectivity index is 2.91. The molecule has 0 bridgehead atoms. The summed E-state index contributed by atoms with van der Waals surface area (Å²) in [7, 11) is 3.92. The highest BCUT2D eigenvalue weighted by Gasteiger charge is 2.17. The minimum atomic E-state index is 0.382. The van der Waals surface area contributed by atoms with Crippen molar-refractivity contribution in [2.24, 2.45) is 0 Å². The van der Waals surface area contributed by atoms with Crippen molar-refractivity contribution in [3.63, 3.8) is 0 Å². The number of nitrogens with zero attached hydrogens (tertiary/aromatic N) is 1. The molecule has 3 heteroatoms. The lowest BCUT2D eigenvalue weighted by atomic mass is 9.93. The summed E-state index contributed by atoms with van der Waals surface area (Å²) < 4.78 is 5.18. The molecule has 1 N–H and O–H groups in total. The summed E-state index contributed by atoms with van der Waals surface area (Å²) in [6.07, 6.45) is 1.16. The van der Waals surface area contributed by atoms with Gasteiger partial charge in [0.2, 0.25) is 0 Å². The number of benzene rings is 1. The summed E-state index contributed by atoms with van der Waals surface area (Å²) in [5, 5.41) is 3.71. The van der Waals surface area contributed by atoms with Crippen LogP contribution in [0.2, 0.25) is 0 Å². The van der Waals surface area contributed by atoms with Gasteiger partial charge in [-0.25, -0.2) is 0 Å². The molecular formula is C18H32N2O. The van der Waals surface area contributed by atoms with Crippen LogP contribution in [0.5, 0.6) is 0 Å². The van der Waals surface area contributed by atoms with Crippen LogP contribution in [0.25, 0.3) is 0 Å². The number of rotatable bonds is 9. The lowest BCUT2D eigenvalue weighted by Gasteiger charge is -2.28. The first-order chi connectivity index (χ1) is 9.99. The van der Waals surface area contributed by atoms with Crippen molar-refractivity contribution < 1.29 is 4.74 Å². The quantitative estimate of drug-likeness (QED) is 0.756. The summed E-state index contributed by atoms with van der Waals surface area (Å²) in [5.74, 6) is 0. The molecule has 0 aliphatic rings. The first kappa shape index (κ1) is 18.1. The Morgan fingerprint density at radius 2 is 1.81 bits per heavy atom. The molecule has 0 heterocycles. The van der Waals surface area contributed by atoms with Crippen molar-refractivity contribution in [3.05, 3.63) is 34.4 Å². The first-order valence-corrected chi connectivity index (χ1v) is 7.98. The van der Waals surface area contributed by atoms with Crippen LogP contribution in [0, 0.1) is 20.8 Å². The van der Waals surface area contributed by atoms with E-state index in [9.17, 15) is 0 Å². The molecule has 3 nitrogen and oxygen atoms in total. The highest BCUT2D eigenvalue weighted by molar-refractivity contribution is 5.39. The van der Waals surface area contributed by atoms with Crippen molar-refractivity contribution in [1.29, 1.82) is 0 Å². The maximum absolute atomic E-state index is 5.18. The molecule has 1 aromatic rings. The van der Waals surface area contributed by atoms with E-state index in [0.717, 1.165) is 32.7 Å². The molecule has 21 heavy (non-hydrogen) atoms. The van der Waals surface area contributed by atoms with E-state index in [-0.39, 0.29) is 0 Å². The smallest absolute Gasteiger partial charge is 0.0589 e. The van der Waals surface area contributed by atoms with E-state index in [1.807, 2.05) is 0 Å². The van der Waals surface area contributed by atoms with Crippen molar-refractivity contribution in [2.75, 3.05) is 40.4 Å². The van der Waals surface area contributed by atoms with Crippen LogP contribution < -0.4 is 5.32 Å². The van der Waals surface area contributed by atoms with Crippen LogP contribution in [0.3, 0.4) is 0 Å². The number of aryl methyl sites for hydroxylation is 3. The van der Waals surface area contributed by atoms with Gasteiger partial charge < -0.3 is 15.0 Å². The number of likely N-dealkylation sites (N-methyl/N-ethyl adjacent to an activating group) is 1. The number of nitrogens with one attached hydrogen (secondary N) is 1. The van der Waals surface area contributed by atoms with Crippen molar-refractivity contribution in [1.82, 2.24) is 10.2 Å². The highest BCUT2D eigenvalue weighted by Crippen LogP contribution is 2.24. The summed E-state index contributed by atoms with van der Waals surface area (Å²) in [6.45, 7) is 12.6. The van der Waals surface area contributed by atoms with Crippen LogP contribution in [0.4, 0.5) is 0 Å². The molecule has 0 saturated heterocycles. The minimum absolute atomic E-state index is 0.382. The maximum atomic E-state index is 5.18. The van der Waals surface area contributed by atoms with Gasteiger partial charge in [-0.2, -0.15) is 0 Å². The largest absolute Gasteiger partial charge is 0.383 e. The predicted octanol–water partition coefficient (Wildman–Crippen LogP) is 3.23. The Morgan fingerprint density at radius 1 is 1.19 bits per heavy atom. The van der Waals surface area contributed by atoms with Gasteiger partial charge in [-0.1, -0.05) is 24.6 Å². The van der Waals surface area contributed by atoms with Gasteiger partial charge in [0.15, 0.2) is 0 Å². The van der Waals surface area contributed by atoms with E-state index in [0.29, 0.717) is 6.04 Å². The molecule has 1 aromatic carbocycles. The second-order valence-electron chi connectivity index (χ2n) is 6.07. The molecule has 0 fully saturated rings. The summed E-state index contributed by atoms with van der Waals surface area (Å²) in [5.41, 5.74) is 5.58. The Kier molecular flexibility index (Phi) is 7.94. The first-order valence-electron chi connectivity index (χ1n) is 7.98. The lowest BCUT2D eigenvalue weighted by molar-refractivity contribution is 0.155. The lowest BCUT2D eigenvalue weighted by Crippen LogP contribution is -2.35. The molecule has 0 amide bonds. The maximum Gasteiger partial charge on any atom is 0.0589 e. The zero-order chi connectivity index (χ0) is 15.8. The van der Waals surface area contributed by atoms with E-state index in [4.69, 9.17) is 4.74 Å². The minimum Gasteiger partial charge on any atom is -0.383 e. The van der Waals surface area contributed by atoms with Gasteiger partial charge >= 0.3 is 0 Å². The number of ether oxygens (including phenoxy) is 1. The van der Waals surface area contributed by atoms with Gasteiger partial charge in [0.1, 0.15) is 0 Å². The van der Waals surface area contributed by atoms with Gasteiger partial charge in [-0.3, -0.25) is 0 Å². The highest BCUT2D eigenvalue weighted by atomic mass is 16.5. The Morgan fingerprint density at radius 3 is 2.33 bits per heavy atom. The number of hydrogen-bond acceptors (Lipinski definition) is 3. The van der Waals surface area contributed by atoms with Gasteiger partial charge in [0.25, 0.3) is 0 Å². The molecule has 0 aliphatic carbocycles. The monoisotopic (exact) mass is 292 g/mol. The molecular weight excluding hydrogens is 260 g/mol. The Labute approximate surface area is 130 Å². The topological polar surface area (TPSA) is 24.5 Å². The average molecular weight is 292 g/mol. The summed E-state index contributed by atoms with van der Waals surface area (Å²) in [4.78, 5) is 2.34. The predicted molar refractivity (Wildman–Crippen MR) is 91.1 cm³/mol. The van der Waals surface area contributed by atoms with Gasteiger partial charge in [0, 0.05) is 26.2 Å². The van der Waals surface area contributed by atoms with Crippen LogP contribution in [0.1, 0.15) is 41.6 Å². The zero-order valence-electron chi connectivity index (χ0n) is 14.6. The summed E-state index contributed by atoms with van der Waals surface area (Å²) in [6, 6.07) is 4.96. The molecule has 0 radical (unpaired) electrons. The molecule has 1 unspecified atom stereocenters. The van der Waals surface area contributed by atoms with Crippen LogP contribution in [-0.2, 0) is 4.74 Å². The third-order valence-corrected chi connectivity index (χ3v) is 3.90. The van der Waals surface area contributed by atoms with Gasteiger partial charge in [-0.05, 0) is 57.5 Å². The Hall–Kier alpha value is -0.900. The second-order valence-corrected chi connectivity index (χ2v) is 6.07. The van der Waals surface area contributed by atoms with E-state index in [1.54, 1.807) is 7.11 Å². The fourth-order valence-electron chi connectivity index (χ4n) is 2.97. The fraction of sp³-hybridized carbons (Fsp3) is 0.667. The van der Waals surface area contributed by atoms with E-state index in [1.165, 1.54) is 22.3 Å². The van der Waals surface area contributed by atoms with E-state index in [2.05, 4.69) is 57.1 Å². The van der Waals surface area contributed by atoms with Crippen LogP contribution in [0.15, 0.2) is 12.1 Å². The third-order valence-electron chi connectivity index (χ3n) is 3.90. The van der Waals surface area contributed by atoms with Gasteiger partial charge in [0.05, 0.1) is 6.61 Å². The molecule has 1 atom stereocenters. The standard InChI is InChI=1S/C18H32N2O/c1-7-8-19-17(13-20(5)9-10-21-6)18-15(3)11-14(2)12-16(18)4/h11-12,17,19H,7-10,13H2,1-6H3. The second kappa shape index (κ2) is 9.19. The van der Waals surface area contributed by atoms with Crippen molar-refractivity contribution in [3.8, 4) is 0 Å². The zero-order valence-corrected chi connectivity index (χ0v) is 14.6. The number of hydrogen-bond donors (Lipinski definition) is 1. The molecule has 120 valence electrons. The van der Waals surface area contributed by atoms with Crippen LogP contribution in [-0.4, -0.2) is 45.3 Å². The molecule has 0 aromatic heterocycles. The molecule has 0 aliphatic heterocycles. The average Bonchev–Trinajstić information content (AvgIpc) is 2.41. The molecule has 0 saturated carbocycles. The normalized spacial score (nSPS) is 12.9. The van der Waals surface area contributed by atoms with E-state index >= 15 is 0 Å².